The van der Waals surface area contributed by atoms with Gasteiger partial charge in [-0.15, -0.1) is 23.2 Å². The molecule has 3 N–H and O–H groups in total. The van der Waals surface area contributed by atoms with Crippen LogP contribution in [-0.4, -0.2) is 66.4 Å². The molecule has 10 nitrogen and oxygen atoms in total. The molecule has 0 radical (unpaired) electrons. The molecule has 1 saturated carbocycles. The zero-order valence-corrected chi connectivity index (χ0v) is 22.5. The molecule has 2 heterocycles. The summed E-state index contributed by atoms with van der Waals surface area (Å²) in [5, 5.41) is 11.2. The zero-order valence-electron chi connectivity index (χ0n) is 19.4. The van der Waals surface area contributed by atoms with Crippen LogP contribution in [0.2, 0.25) is 0 Å². The van der Waals surface area contributed by atoms with Crippen LogP contribution >= 0.6 is 39.1 Å². The summed E-state index contributed by atoms with van der Waals surface area (Å²) in [7, 11) is 0. The number of allylic oxidation sites excluding steroid dienone is 2. The van der Waals surface area contributed by atoms with Gasteiger partial charge in [0.15, 0.2) is 21.2 Å². The topological polar surface area (TPSA) is 147 Å². The van der Waals surface area contributed by atoms with Crippen molar-refractivity contribution >= 4 is 68.8 Å². The van der Waals surface area contributed by atoms with Crippen LogP contribution in [0.5, 0.6) is 11.5 Å². The number of amides is 6. The molecule has 13 heteroatoms. The second kappa shape index (κ2) is 8.71. The van der Waals surface area contributed by atoms with Crippen LogP contribution in [0.4, 0.5) is 4.79 Å². The van der Waals surface area contributed by atoms with E-state index in [4.69, 9.17) is 33.7 Å². The summed E-state index contributed by atoms with van der Waals surface area (Å²) in [5.41, 5.74) is 5.80. The number of rotatable bonds is 4. The van der Waals surface area contributed by atoms with Crippen molar-refractivity contribution in [1.82, 2.24) is 9.80 Å². The van der Waals surface area contributed by atoms with Crippen molar-refractivity contribution < 1.29 is 33.8 Å². The van der Waals surface area contributed by atoms with Crippen LogP contribution in [0, 0.1) is 17.8 Å². The van der Waals surface area contributed by atoms with Gasteiger partial charge in [0.05, 0.1) is 23.9 Å². The number of benzene rings is 1. The summed E-state index contributed by atoms with van der Waals surface area (Å²) in [6, 6.07) is 3.50. The van der Waals surface area contributed by atoms with Gasteiger partial charge in [-0.3, -0.25) is 24.1 Å². The van der Waals surface area contributed by atoms with E-state index >= 15 is 0 Å². The minimum absolute atomic E-state index is 0.0693. The average molecular weight is 615 g/mol. The van der Waals surface area contributed by atoms with Gasteiger partial charge in [0.25, 0.3) is 11.8 Å². The number of carbonyl (C=O) groups is 5. The van der Waals surface area contributed by atoms with Crippen LogP contribution in [0.3, 0.4) is 0 Å². The molecule has 196 valence electrons. The Balaban J connectivity index is 1.75. The summed E-state index contributed by atoms with van der Waals surface area (Å²) in [4.78, 5) is 62.6. The predicted octanol–water partition coefficient (Wildman–Crippen LogP) is 2.58. The first-order valence-corrected chi connectivity index (χ1v) is 13.4. The number of aromatic hydroxyl groups is 1. The van der Waals surface area contributed by atoms with Crippen molar-refractivity contribution in [2.45, 2.75) is 35.4 Å². The van der Waals surface area contributed by atoms with E-state index < -0.39 is 63.1 Å². The molecular formula is C24H22BrCl2N3O7. The van der Waals surface area contributed by atoms with Crippen LogP contribution in [0.1, 0.15) is 31.2 Å². The Hall–Kier alpha value is -2.63. The molecule has 1 aromatic rings. The monoisotopic (exact) mass is 613 g/mol. The van der Waals surface area contributed by atoms with E-state index in [-0.39, 0.29) is 42.0 Å². The number of hydrogen-bond donors (Lipinski definition) is 2. The molecule has 3 fully saturated rings. The number of hydrogen-bond acceptors (Lipinski definition) is 7. The second-order valence-electron chi connectivity index (χ2n) is 9.46. The second-order valence-corrected chi connectivity index (χ2v) is 11.2. The molecule has 0 bridgehead atoms. The lowest BCUT2D eigenvalue weighted by Crippen LogP contribution is -2.60. The number of likely N-dealkylation sites (tertiary alicyclic amines) is 2. The molecule has 0 unspecified atom stereocenters. The normalized spacial score (nSPS) is 34.8. The fourth-order valence-corrected chi connectivity index (χ4v) is 7.78. The number of ether oxygens (including phenoxy) is 1. The lowest BCUT2D eigenvalue weighted by atomic mass is 9.56. The number of alkyl halides is 3. The highest BCUT2D eigenvalue weighted by atomic mass is 79.9. The van der Waals surface area contributed by atoms with Crippen LogP contribution in [0.25, 0.3) is 0 Å². The smallest absolute Gasteiger partial charge is 0.328 e. The van der Waals surface area contributed by atoms with Crippen LogP contribution in [0.15, 0.2) is 29.8 Å². The number of urea groups is 1. The molecule has 4 aliphatic rings. The maximum absolute atomic E-state index is 13.7. The van der Waals surface area contributed by atoms with E-state index in [1.807, 2.05) is 0 Å². The standard InChI is InChI=1S/C24H22BrCl2N3O7/c1-2-37-14-5-3-4-12(17(14)31)16-10-6-7-11-15(19(33)30(18(11)32)22(28)36)13(10)8-23(26)20(34)29(9-25)21(35)24(16,23)27/h3-6,11,13,15-16,31H,2,7-9H2,1H3,(H2,28,36)/t11-,13+,15-,16+,23+,24-/m0/s1. The number of phenolic OH excluding ortho intramolecular Hbond substituents is 1. The molecule has 1 aromatic carbocycles. The zero-order chi connectivity index (χ0) is 27.0. The number of imide groups is 4. The fourth-order valence-electron chi connectivity index (χ4n) is 6.36. The molecule has 0 spiro atoms. The maximum atomic E-state index is 13.7. The highest BCUT2D eigenvalue weighted by molar-refractivity contribution is 9.09. The molecule has 6 amide bonds. The highest BCUT2D eigenvalue weighted by Crippen LogP contribution is 2.66. The molecule has 5 rings (SSSR count). The first-order valence-electron chi connectivity index (χ1n) is 11.6. The fraction of sp³-hybridized carbons (Fsp3) is 0.458. The molecule has 6 atom stereocenters. The van der Waals surface area contributed by atoms with Crippen molar-refractivity contribution in [3.63, 3.8) is 0 Å². The summed E-state index contributed by atoms with van der Waals surface area (Å²) in [6.07, 6.45) is 1.51. The van der Waals surface area contributed by atoms with E-state index in [1.165, 1.54) is 0 Å². The SMILES string of the molecule is CCOc1cccc([C@H]2C3=CC[C@@H]4C(=O)N(C(N)=O)C(=O)[C@@H]4[C@@H]3C[C@@]3(Cl)C(=O)N(CBr)C(=O)[C@@]23Cl)c1O. The molecular weight excluding hydrogens is 593 g/mol. The van der Waals surface area contributed by atoms with Gasteiger partial charge in [0.1, 0.15) is 0 Å². The van der Waals surface area contributed by atoms with Crippen molar-refractivity contribution in [1.29, 1.82) is 0 Å². The van der Waals surface area contributed by atoms with Crippen LogP contribution < -0.4 is 10.5 Å². The van der Waals surface area contributed by atoms with E-state index in [2.05, 4.69) is 15.9 Å². The Morgan fingerprint density at radius 3 is 2.51 bits per heavy atom. The van der Waals surface area contributed by atoms with Crippen LogP contribution in [-0.2, 0) is 19.2 Å². The lowest BCUT2D eigenvalue weighted by Gasteiger charge is -2.50. The lowest BCUT2D eigenvalue weighted by molar-refractivity contribution is -0.139. The summed E-state index contributed by atoms with van der Waals surface area (Å²) in [6.45, 7) is 1.98. The average Bonchev–Trinajstić information content (AvgIpc) is 3.19. The number of carbonyl (C=O) groups excluding carboxylic acids is 5. The predicted molar refractivity (Wildman–Crippen MR) is 134 cm³/mol. The number of nitrogens with two attached hydrogens (primary N) is 1. The summed E-state index contributed by atoms with van der Waals surface area (Å²) in [5.74, 6) is -7.11. The molecule has 0 aromatic heterocycles. The van der Waals surface area contributed by atoms with Gasteiger partial charge >= 0.3 is 6.03 Å². The highest BCUT2D eigenvalue weighted by Gasteiger charge is 2.76. The molecule has 2 aliphatic heterocycles. The summed E-state index contributed by atoms with van der Waals surface area (Å²) >= 11 is 17.3. The van der Waals surface area contributed by atoms with Crippen molar-refractivity contribution in [3.05, 3.63) is 35.4 Å². The first kappa shape index (κ1) is 26.0. The quantitative estimate of drug-likeness (QED) is 0.229. The Morgan fingerprint density at radius 2 is 1.89 bits per heavy atom. The van der Waals surface area contributed by atoms with Crippen molar-refractivity contribution in [2.75, 3.05) is 12.1 Å². The van der Waals surface area contributed by atoms with Gasteiger partial charge in [0.2, 0.25) is 11.8 Å². The van der Waals surface area contributed by atoms with Crippen molar-refractivity contribution in [2.24, 2.45) is 23.5 Å². The Bertz CT molecular complexity index is 1300. The van der Waals surface area contributed by atoms with E-state index in [1.54, 1.807) is 31.2 Å². The van der Waals surface area contributed by atoms with Gasteiger partial charge in [-0.2, -0.15) is 4.90 Å². The molecule has 2 aliphatic carbocycles. The summed E-state index contributed by atoms with van der Waals surface area (Å²) < 4.78 is 5.53. The third-order valence-corrected chi connectivity index (χ3v) is 9.79. The molecule has 37 heavy (non-hydrogen) atoms. The van der Waals surface area contributed by atoms with E-state index in [0.717, 1.165) is 4.90 Å². The van der Waals surface area contributed by atoms with Gasteiger partial charge in [0, 0.05) is 11.5 Å². The van der Waals surface area contributed by atoms with Gasteiger partial charge < -0.3 is 15.6 Å². The number of halogens is 3. The number of fused-ring (bicyclic) bond motifs is 4. The van der Waals surface area contributed by atoms with E-state index in [9.17, 15) is 29.1 Å². The van der Waals surface area contributed by atoms with Crippen molar-refractivity contribution in [3.8, 4) is 11.5 Å². The number of para-hydroxylation sites is 1. The van der Waals surface area contributed by atoms with Gasteiger partial charge in [-0.1, -0.05) is 39.7 Å². The Morgan fingerprint density at radius 1 is 1.19 bits per heavy atom. The van der Waals surface area contributed by atoms with Gasteiger partial charge in [-0.25, -0.2) is 4.79 Å². The number of phenols is 1. The minimum atomic E-state index is -2.06. The number of primary amides is 1. The third-order valence-electron chi connectivity index (χ3n) is 7.88. The maximum Gasteiger partial charge on any atom is 0.328 e. The largest absolute Gasteiger partial charge is 0.504 e. The molecule has 2 saturated heterocycles. The number of nitrogens with zero attached hydrogens (tertiary/aromatic N) is 2. The van der Waals surface area contributed by atoms with Gasteiger partial charge in [-0.05, 0) is 31.7 Å². The Kier molecular flexibility index (Phi) is 6.12. The first-order chi connectivity index (χ1) is 17.4. The Labute approximate surface area is 229 Å². The minimum Gasteiger partial charge on any atom is -0.504 e. The van der Waals surface area contributed by atoms with E-state index in [0.29, 0.717) is 10.5 Å². The third kappa shape index (κ3) is 3.20.